The van der Waals surface area contributed by atoms with Gasteiger partial charge in [-0.3, -0.25) is 4.79 Å². The van der Waals surface area contributed by atoms with Crippen LogP contribution in [0.4, 0.5) is 5.69 Å². The van der Waals surface area contributed by atoms with Gasteiger partial charge in [0, 0.05) is 22.2 Å². The van der Waals surface area contributed by atoms with Crippen molar-refractivity contribution in [3.05, 3.63) is 99.0 Å². The van der Waals surface area contributed by atoms with Gasteiger partial charge in [0.2, 0.25) is 5.91 Å². The van der Waals surface area contributed by atoms with Crippen molar-refractivity contribution in [2.75, 3.05) is 5.32 Å². The minimum absolute atomic E-state index is 0.0738. The molecular weight excluding hydrogens is 403 g/mol. The topological polar surface area (TPSA) is 52.9 Å². The number of halogens is 2. The van der Waals surface area contributed by atoms with Crippen LogP contribution in [0.5, 0.6) is 0 Å². The molecule has 1 atom stereocenters. The van der Waals surface area contributed by atoms with Crippen LogP contribution in [0.3, 0.4) is 0 Å². The van der Waals surface area contributed by atoms with Crippen LogP contribution in [0.2, 0.25) is 10.0 Å². The average Bonchev–Trinajstić information content (AvgIpc) is 2.72. The molecule has 5 heteroatoms. The molecule has 0 bridgehead atoms. The Labute approximate surface area is 180 Å². The number of aryl methyl sites for hydroxylation is 2. The number of carbonyl (C=O) groups is 1. The van der Waals surface area contributed by atoms with Crippen molar-refractivity contribution < 1.29 is 4.79 Å². The van der Waals surface area contributed by atoms with Gasteiger partial charge in [-0.05, 0) is 53.8 Å². The number of nitrogens with one attached hydrogen (secondary N) is 1. The predicted molar refractivity (Wildman–Crippen MR) is 118 cm³/mol. The fraction of sp³-hybridized carbons (Fsp3) is 0.167. The normalized spacial score (nSPS) is 11.5. The van der Waals surface area contributed by atoms with E-state index in [1.807, 2.05) is 55.5 Å². The summed E-state index contributed by atoms with van der Waals surface area (Å²) in [6.45, 7) is 1.89. The molecule has 0 radical (unpaired) electrons. The smallest absolute Gasteiger partial charge is 0.224 e. The summed E-state index contributed by atoms with van der Waals surface area (Å²) in [6, 6.07) is 22.9. The number of nitriles is 1. The van der Waals surface area contributed by atoms with E-state index in [1.165, 1.54) is 0 Å². The monoisotopic (exact) mass is 422 g/mol. The highest BCUT2D eigenvalue weighted by atomic mass is 35.5. The fourth-order valence-corrected chi connectivity index (χ4v) is 3.55. The van der Waals surface area contributed by atoms with Gasteiger partial charge in [-0.25, -0.2) is 0 Å². The number of nitrogens with zero attached hydrogens (tertiary/aromatic N) is 1. The largest absolute Gasteiger partial charge is 0.326 e. The van der Waals surface area contributed by atoms with Crippen molar-refractivity contribution in [1.82, 2.24) is 0 Å². The van der Waals surface area contributed by atoms with E-state index in [0.29, 0.717) is 34.1 Å². The highest BCUT2D eigenvalue weighted by Gasteiger charge is 2.19. The molecule has 0 spiro atoms. The number of anilines is 1. The van der Waals surface area contributed by atoms with Crippen LogP contribution in [0.15, 0.2) is 66.7 Å². The van der Waals surface area contributed by atoms with Crippen LogP contribution in [0.1, 0.15) is 34.6 Å². The Hall–Kier alpha value is -2.80. The summed E-state index contributed by atoms with van der Waals surface area (Å²) in [5, 5.41) is 13.7. The Morgan fingerprint density at radius 2 is 1.76 bits per heavy atom. The summed E-state index contributed by atoms with van der Waals surface area (Å²) < 4.78 is 0. The maximum Gasteiger partial charge on any atom is 0.224 e. The van der Waals surface area contributed by atoms with Crippen molar-refractivity contribution in [3.8, 4) is 6.07 Å². The van der Waals surface area contributed by atoms with Gasteiger partial charge in [0.05, 0.1) is 12.0 Å². The van der Waals surface area contributed by atoms with Gasteiger partial charge in [-0.2, -0.15) is 5.26 Å². The first kappa shape index (κ1) is 20.9. The van der Waals surface area contributed by atoms with Crippen LogP contribution in [0, 0.1) is 18.3 Å². The molecule has 1 amide bonds. The Balaban J connectivity index is 1.75. The number of rotatable bonds is 6. The lowest BCUT2D eigenvalue weighted by atomic mass is 9.91. The molecule has 0 saturated heterocycles. The van der Waals surface area contributed by atoms with E-state index < -0.39 is 5.92 Å². The number of carbonyl (C=O) groups excluding carboxylic acids is 1. The van der Waals surface area contributed by atoms with E-state index in [0.717, 1.165) is 16.7 Å². The molecule has 0 heterocycles. The first-order chi connectivity index (χ1) is 14.0. The van der Waals surface area contributed by atoms with Crippen molar-refractivity contribution >= 4 is 34.8 Å². The van der Waals surface area contributed by atoms with Gasteiger partial charge in [0.15, 0.2) is 0 Å². The zero-order valence-electron chi connectivity index (χ0n) is 16.0. The van der Waals surface area contributed by atoms with Crippen LogP contribution in [-0.2, 0) is 11.2 Å². The second kappa shape index (κ2) is 9.60. The summed E-state index contributed by atoms with van der Waals surface area (Å²) in [5.41, 5.74) is 4.15. The van der Waals surface area contributed by atoms with E-state index in [4.69, 9.17) is 23.2 Å². The molecule has 29 heavy (non-hydrogen) atoms. The van der Waals surface area contributed by atoms with Crippen LogP contribution < -0.4 is 5.32 Å². The molecule has 3 rings (SSSR count). The lowest BCUT2D eigenvalue weighted by molar-refractivity contribution is -0.116. The quantitative estimate of drug-likeness (QED) is 0.490. The van der Waals surface area contributed by atoms with Gasteiger partial charge in [0.1, 0.15) is 0 Å². The highest BCUT2D eigenvalue weighted by molar-refractivity contribution is 6.32. The number of amides is 1. The Morgan fingerprint density at radius 3 is 2.41 bits per heavy atom. The third kappa shape index (κ3) is 5.38. The van der Waals surface area contributed by atoms with E-state index in [-0.39, 0.29) is 5.91 Å². The van der Waals surface area contributed by atoms with E-state index in [2.05, 4.69) is 11.4 Å². The summed E-state index contributed by atoms with van der Waals surface area (Å²) in [6.07, 6.45) is 1.05. The van der Waals surface area contributed by atoms with Gasteiger partial charge in [0.25, 0.3) is 0 Å². The third-order valence-electron chi connectivity index (χ3n) is 4.74. The summed E-state index contributed by atoms with van der Waals surface area (Å²) in [5.74, 6) is -0.586. The molecule has 3 aromatic carbocycles. The maximum absolute atomic E-state index is 12.4. The molecule has 0 aromatic heterocycles. The average molecular weight is 423 g/mol. The molecule has 0 unspecified atom stereocenters. The SMILES string of the molecule is Cc1cc([C@@H](C#N)c2ccc(Cl)cc2)c(Cl)cc1NC(=O)CCc1ccccc1. The van der Waals surface area contributed by atoms with Crippen molar-refractivity contribution in [2.24, 2.45) is 0 Å². The molecule has 0 saturated carbocycles. The van der Waals surface area contributed by atoms with Crippen LogP contribution >= 0.6 is 23.2 Å². The standard InChI is InChI=1S/C24H20Cl2N2O/c1-16-13-20(21(15-27)18-8-10-19(25)11-9-18)22(26)14-23(16)28-24(29)12-7-17-5-3-2-4-6-17/h2-6,8-11,13-14,21H,7,12H2,1H3,(H,28,29)/t21-/m0/s1. The van der Waals surface area contributed by atoms with Crippen molar-refractivity contribution in [2.45, 2.75) is 25.7 Å². The van der Waals surface area contributed by atoms with Gasteiger partial charge >= 0.3 is 0 Å². The van der Waals surface area contributed by atoms with E-state index in [9.17, 15) is 10.1 Å². The number of hydrogen-bond acceptors (Lipinski definition) is 2. The van der Waals surface area contributed by atoms with Crippen LogP contribution in [-0.4, -0.2) is 5.91 Å². The minimum Gasteiger partial charge on any atom is -0.326 e. The molecule has 3 aromatic rings. The molecule has 0 aliphatic heterocycles. The second-order valence-electron chi connectivity index (χ2n) is 6.84. The first-order valence-corrected chi connectivity index (χ1v) is 10.0. The summed E-state index contributed by atoms with van der Waals surface area (Å²) in [4.78, 5) is 12.4. The lowest BCUT2D eigenvalue weighted by Crippen LogP contribution is -2.13. The van der Waals surface area contributed by atoms with E-state index >= 15 is 0 Å². The maximum atomic E-state index is 12.4. The molecule has 1 N–H and O–H groups in total. The number of hydrogen-bond donors (Lipinski definition) is 1. The second-order valence-corrected chi connectivity index (χ2v) is 7.68. The van der Waals surface area contributed by atoms with Crippen LogP contribution in [0.25, 0.3) is 0 Å². The summed E-state index contributed by atoms with van der Waals surface area (Å²) in [7, 11) is 0. The molecule has 0 fully saturated rings. The van der Waals surface area contributed by atoms with E-state index in [1.54, 1.807) is 18.2 Å². The molecular formula is C24H20Cl2N2O. The lowest BCUT2D eigenvalue weighted by Gasteiger charge is -2.16. The molecule has 146 valence electrons. The van der Waals surface area contributed by atoms with Gasteiger partial charge < -0.3 is 5.32 Å². The van der Waals surface area contributed by atoms with Gasteiger partial charge in [-0.1, -0.05) is 71.7 Å². The fourth-order valence-electron chi connectivity index (χ4n) is 3.15. The molecule has 3 nitrogen and oxygen atoms in total. The Bertz CT molecular complexity index is 1040. The van der Waals surface area contributed by atoms with Gasteiger partial charge in [-0.15, -0.1) is 0 Å². The summed E-state index contributed by atoms with van der Waals surface area (Å²) >= 11 is 12.4. The first-order valence-electron chi connectivity index (χ1n) is 9.27. The predicted octanol–water partition coefficient (Wildman–Crippen LogP) is 6.53. The number of benzene rings is 3. The molecule has 0 aliphatic rings. The zero-order valence-corrected chi connectivity index (χ0v) is 17.5. The Morgan fingerprint density at radius 1 is 1.07 bits per heavy atom. The highest BCUT2D eigenvalue weighted by Crippen LogP contribution is 2.34. The zero-order chi connectivity index (χ0) is 20.8. The Kier molecular flexibility index (Phi) is 6.93. The van der Waals surface area contributed by atoms with Crippen molar-refractivity contribution in [1.29, 1.82) is 5.26 Å². The molecule has 0 aliphatic carbocycles. The van der Waals surface area contributed by atoms with Crippen molar-refractivity contribution in [3.63, 3.8) is 0 Å². The minimum atomic E-state index is -0.513. The third-order valence-corrected chi connectivity index (χ3v) is 5.32.